The summed E-state index contributed by atoms with van der Waals surface area (Å²) in [7, 11) is 1.80. The van der Waals surface area contributed by atoms with E-state index in [0.29, 0.717) is 10.6 Å². The van der Waals surface area contributed by atoms with E-state index in [4.69, 9.17) is 16.3 Å². The molecule has 0 radical (unpaired) electrons. The van der Waals surface area contributed by atoms with Gasteiger partial charge in [0.15, 0.2) is 0 Å². The third-order valence-electron chi connectivity index (χ3n) is 6.52. The number of aryl methyl sites for hydroxylation is 1. The largest absolute Gasteiger partial charge is 0.480 e. The van der Waals surface area contributed by atoms with E-state index in [-0.39, 0.29) is 18.9 Å². The summed E-state index contributed by atoms with van der Waals surface area (Å²) >= 11 is 6.21. The van der Waals surface area contributed by atoms with Crippen molar-refractivity contribution in [2.24, 2.45) is 7.05 Å². The second-order valence-electron chi connectivity index (χ2n) is 8.71. The fourth-order valence-electron chi connectivity index (χ4n) is 4.82. The van der Waals surface area contributed by atoms with Gasteiger partial charge < -0.3 is 15.2 Å². The number of rotatable bonds is 7. The highest BCUT2D eigenvalue weighted by Crippen LogP contribution is 2.44. The number of fused-ring (bicyclic) bond motifs is 3. The maximum Gasteiger partial charge on any atom is 0.407 e. The summed E-state index contributed by atoms with van der Waals surface area (Å²) in [5, 5.41) is 17.0. The minimum atomic E-state index is -1.20. The average Bonchev–Trinajstić information content (AvgIpc) is 3.43. The van der Waals surface area contributed by atoms with Gasteiger partial charge in [-0.25, -0.2) is 9.59 Å². The van der Waals surface area contributed by atoms with Gasteiger partial charge in [0.25, 0.3) is 0 Å². The Hall–Kier alpha value is -4.10. The number of aliphatic carboxylic acids is 1. The summed E-state index contributed by atoms with van der Waals surface area (Å²) in [5.74, 6) is -1.28. The maximum absolute atomic E-state index is 12.7. The van der Waals surface area contributed by atoms with Gasteiger partial charge >= 0.3 is 12.1 Å². The highest BCUT2D eigenvalue weighted by molar-refractivity contribution is 6.30. The van der Waals surface area contributed by atoms with E-state index >= 15 is 0 Å². The van der Waals surface area contributed by atoms with Crippen LogP contribution in [0.4, 0.5) is 4.79 Å². The molecular weight excluding hydrogens is 478 g/mol. The Kier molecular flexibility index (Phi) is 6.48. The standard InChI is InChI=1S/C28H24ClN3O4/c1-32-26(12-13-30-32)19-11-10-18(29)14-17(19)15-25(27(33)34)31-28(35)36-16-24-22-8-4-2-6-20(22)21-7-3-5-9-23(21)24/h2-14,24-25H,15-16H2,1H3,(H,31,35)(H,33,34)/t25-/m0/s1. The minimum Gasteiger partial charge on any atom is -0.480 e. The monoisotopic (exact) mass is 501 g/mol. The number of carbonyl (C=O) groups is 2. The Morgan fingerprint density at radius 2 is 1.69 bits per heavy atom. The van der Waals surface area contributed by atoms with Crippen LogP contribution in [-0.2, 0) is 23.0 Å². The smallest absolute Gasteiger partial charge is 0.407 e. The molecule has 8 heteroatoms. The number of carbonyl (C=O) groups excluding carboxylic acids is 1. The first-order valence-corrected chi connectivity index (χ1v) is 11.9. The zero-order chi connectivity index (χ0) is 25.2. The minimum absolute atomic E-state index is 0.0284. The molecule has 0 fully saturated rings. The van der Waals surface area contributed by atoms with E-state index in [9.17, 15) is 14.7 Å². The van der Waals surface area contributed by atoms with Crippen LogP contribution in [0.1, 0.15) is 22.6 Å². The Balaban J connectivity index is 1.31. The lowest BCUT2D eigenvalue weighted by Crippen LogP contribution is -2.43. The molecule has 2 N–H and O–H groups in total. The quantitative estimate of drug-likeness (QED) is 0.359. The summed E-state index contributed by atoms with van der Waals surface area (Å²) in [6, 6.07) is 22.0. The van der Waals surface area contributed by atoms with Gasteiger partial charge in [0.05, 0.1) is 5.69 Å². The van der Waals surface area contributed by atoms with Crippen LogP contribution in [0.5, 0.6) is 0 Å². The van der Waals surface area contributed by atoms with Gasteiger partial charge in [-0.2, -0.15) is 5.10 Å². The summed E-state index contributed by atoms with van der Waals surface area (Å²) < 4.78 is 7.25. The van der Waals surface area contributed by atoms with Crippen molar-refractivity contribution in [3.8, 4) is 22.4 Å². The van der Waals surface area contributed by atoms with Crippen molar-refractivity contribution in [3.05, 3.63) is 101 Å². The Bertz CT molecular complexity index is 1400. The lowest BCUT2D eigenvalue weighted by molar-refractivity contribution is -0.139. The van der Waals surface area contributed by atoms with Crippen LogP contribution in [0.25, 0.3) is 22.4 Å². The molecule has 36 heavy (non-hydrogen) atoms. The highest BCUT2D eigenvalue weighted by atomic mass is 35.5. The molecule has 7 nitrogen and oxygen atoms in total. The Labute approximate surface area is 213 Å². The molecule has 1 aromatic heterocycles. The summed E-state index contributed by atoms with van der Waals surface area (Å²) in [5.41, 5.74) is 6.69. The van der Waals surface area contributed by atoms with Crippen molar-refractivity contribution < 1.29 is 19.4 Å². The molecule has 0 spiro atoms. The molecule has 0 saturated heterocycles. The van der Waals surface area contributed by atoms with Crippen molar-refractivity contribution in [1.29, 1.82) is 0 Å². The number of ether oxygens (including phenoxy) is 1. The number of nitrogens with zero attached hydrogens (tertiary/aromatic N) is 2. The maximum atomic E-state index is 12.7. The van der Waals surface area contributed by atoms with Crippen molar-refractivity contribution in [2.75, 3.05) is 6.61 Å². The molecule has 1 aliphatic carbocycles. The fourth-order valence-corrected chi connectivity index (χ4v) is 5.02. The Morgan fingerprint density at radius 3 is 2.31 bits per heavy atom. The number of amides is 1. The summed E-state index contributed by atoms with van der Waals surface area (Å²) in [6.45, 7) is 0.101. The van der Waals surface area contributed by atoms with Crippen LogP contribution >= 0.6 is 11.6 Å². The molecule has 1 atom stereocenters. The van der Waals surface area contributed by atoms with Gasteiger partial charge in [0.1, 0.15) is 12.6 Å². The summed E-state index contributed by atoms with van der Waals surface area (Å²) in [4.78, 5) is 24.8. The van der Waals surface area contributed by atoms with Gasteiger partial charge in [-0.3, -0.25) is 4.68 Å². The lowest BCUT2D eigenvalue weighted by atomic mass is 9.98. The molecule has 0 aliphatic heterocycles. The molecule has 4 aromatic rings. The van der Waals surface area contributed by atoms with Crippen molar-refractivity contribution in [2.45, 2.75) is 18.4 Å². The van der Waals surface area contributed by atoms with Crippen LogP contribution in [-0.4, -0.2) is 39.6 Å². The first-order chi connectivity index (χ1) is 17.4. The van der Waals surface area contributed by atoms with Crippen LogP contribution in [0.15, 0.2) is 79.0 Å². The fraction of sp³-hybridized carbons (Fsp3) is 0.179. The Morgan fingerprint density at radius 1 is 1.03 bits per heavy atom. The van der Waals surface area contributed by atoms with Gasteiger partial charge in [0, 0.05) is 36.2 Å². The molecule has 182 valence electrons. The van der Waals surface area contributed by atoms with E-state index in [1.54, 1.807) is 30.1 Å². The predicted molar refractivity (Wildman–Crippen MR) is 137 cm³/mol. The number of alkyl carbamates (subject to hydrolysis) is 1. The van der Waals surface area contributed by atoms with E-state index in [2.05, 4.69) is 22.5 Å². The first-order valence-electron chi connectivity index (χ1n) is 11.5. The molecule has 0 saturated carbocycles. The van der Waals surface area contributed by atoms with Crippen molar-refractivity contribution in [1.82, 2.24) is 15.1 Å². The second kappa shape index (κ2) is 9.87. The zero-order valence-electron chi connectivity index (χ0n) is 19.5. The van der Waals surface area contributed by atoms with Crippen LogP contribution in [0.3, 0.4) is 0 Å². The molecular formula is C28H24ClN3O4. The summed E-state index contributed by atoms with van der Waals surface area (Å²) in [6.07, 6.45) is 0.908. The molecule has 1 amide bonds. The van der Waals surface area contributed by atoms with E-state index in [0.717, 1.165) is 33.5 Å². The molecule has 1 heterocycles. The van der Waals surface area contributed by atoms with E-state index in [1.807, 2.05) is 48.5 Å². The molecule has 3 aromatic carbocycles. The second-order valence-corrected chi connectivity index (χ2v) is 9.14. The number of nitrogens with one attached hydrogen (secondary N) is 1. The SMILES string of the molecule is Cn1nccc1-c1ccc(Cl)cc1C[C@H](NC(=O)OCC1c2ccccc2-c2ccccc21)C(=O)O. The number of hydrogen-bond donors (Lipinski definition) is 2. The molecule has 5 rings (SSSR count). The molecule has 0 bridgehead atoms. The van der Waals surface area contributed by atoms with Crippen LogP contribution < -0.4 is 5.32 Å². The number of hydrogen-bond acceptors (Lipinski definition) is 4. The van der Waals surface area contributed by atoms with Crippen molar-refractivity contribution in [3.63, 3.8) is 0 Å². The van der Waals surface area contributed by atoms with Gasteiger partial charge in [-0.1, -0.05) is 66.2 Å². The molecule has 1 aliphatic rings. The molecule has 0 unspecified atom stereocenters. The third-order valence-corrected chi connectivity index (χ3v) is 6.76. The van der Waals surface area contributed by atoms with E-state index < -0.39 is 18.1 Å². The van der Waals surface area contributed by atoms with Gasteiger partial charge in [-0.05, 0) is 46.0 Å². The normalized spacial score (nSPS) is 13.1. The number of benzene rings is 3. The topological polar surface area (TPSA) is 93.5 Å². The number of carboxylic acids is 1. The van der Waals surface area contributed by atoms with E-state index in [1.165, 1.54) is 0 Å². The highest BCUT2D eigenvalue weighted by Gasteiger charge is 2.30. The third kappa shape index (κ3) is 4.57. The average molecular weight is 502 g/mol. The van der Waals surface area contributed by atoms with Crippen LogP contribution in [0.2, 0.25) is 5.02 Å². The van der Waals surface area contributed by atoms with Gasteiger partial charge in [-0.15, -0.1) is 0 Å². The number of aromatic nitrogens is 2. The number of halogens is 1. The lowest BCUT2D eigenvalue weighted by Gasteiger charge is -2.19. The zero-order valence-corrected chi connectivity index (χ0v) is 20.3. The number of carboxylic acid groups (broad SMARTS) is 1. The first kappa shape index (κ1) is 23.6. The van der Waals surface area contributed by atoms with Crippen molar-refractivity contribution >= 4 is 23.7 Å². The predicted octanol–water partition coefficient (Wildman–Crippen LogP) is 5.27. The van der Waals surface area contributed by atoms with Gasteiger partial charge in [0.2, 0.25) is 0 Å². The van der Waals surface area contributed by atoms with Crippen LogP contribution in [0, 0.1) is 0 Å².